The van der Waals surface area contributed by atoms with E-state index in [4.69, 9.17) is 23.9 Å². The average molecular weight is 603 g/mol. The van der Waals surface area contributed by atoms with E-state index < -0.39 is 5.25 Å². The minimum absolute atomic E-state index is 0.110. The summed E-state index contributed by atoms with van der Waals surface area (Å²) in [4.78, 5) is 18.3. The number of aryl methyl sites for hydroxylation is 1. The van der Waals surface area contributed by atoms with Crippen molar-refractivity contribution in [3.63, 3.8) is 0 Å². The number of anilines is 1. The van der Waals surface area contributed by atoms with Crippen LogP contribution in [0.2, 0.25) is 0 Å². The smallest absolute Gasteiger partial charge is 0.237 e. The highest BCUT2D eigenvalue weighted by molar-refractivity contribution is 8.00. The lowest BCUT2D eigenvalue weighted by molar-refractivity contribution is -0.115. The number of amides is 1. The lowest BCUT2D eigenvalue weighted by Crippen LogP contribution is -2.25. The zero-order valence-corrected chi connectivity index (χ0v) is 26.3. The molecule has 1 amide bonds. The van der Waals surface area contributed by atoms with Gasteiger partial charge in [0.1, 0.15) is 11.4 Å². The maximum atomic E-state index is 13.3. The van der Waals surface area contributed by atoms with Gasteiger partial charge >= 0.3 is 0 Å². The molecule has 43 heavy (non-hydrogen) atoms. The molecular weight excluding hydrogens is 564 g/mol. The Balaban J connectivity index is 1.75. The number of nitrogens with one attached hydrogen (secondary N) is 1. The first-order chi connectivity index (χ1) is 21.0. The Kier molecular flexibility index (Phi) is 11.2. The summed E-state index contributed by atoms with van der Waals surface area (Å²) in [5, 5.41) is 12.1. The van der Waals surface area contributed by atoms with Gasteiger partial charge in [-0.25, -0.2) is 4.98 Å². The molecule has 0 radical (unpaired) electrons. The number of carbonyl (C=O) groups excluding carboxylic acids is 1. The van der Waals surface area contributed by atoms with Gasteiger partial charge in [-0.05, 0) is 74.7 Å². The first-order valence-electron chi connectivity index (χ1n) is 14.4. The van der Waals surface area contributed by atoms with E-state index >= 15 is 0 Å². The van der Waals surface area contributed by atoms with Crippen molar-refractivity contribution in [2.75, 3.05) is 32.8 Å². The largest absolute Gasteiger partial charge is 0.493 e. The maximum Gasteiger partial charge on any atom is 0.237 e. The third-order valence-corrected chi connectivity index (χ3v) is 7.92. The fourth-order valence-electron chi connectivity index (χ4n) is 4.55. The van der Waals surface area contributed by atoms with Crippen LogP contribution >= 0.6 is 11.8 Å². The van der Waals surface area contributed by atoms with Crippen molar-refractivity contribution in [2.24, 2.45) is 0 Å². The maximum absolute atomic E-state index is 13.3. The summed E-state index contributed by atoms with van der Waals surface area (Å²) < 4.78 is 22.6. The van der Waals surface area contributed by atoms with Crippen LogP contribution in [0.3, 0.4) is 0 Å². The van der Waals surface area contributed by atoms with Gasteiger partial charge in [0, 0.05) is 16.8 Å². The van der Waals surface area contributed by atoms with Crippen molar-refractivity contribution in [3.05, 3.63) is 66.2 Å². The number of para-hydroxylation sites is 1. The number of nitrogens with zero attached hydrogens (tertiary/aromatic N) is 3. The summed E-state index contributed by atoms with van der Waals surface area (Å²) >= 11 is 1.28. The monoisotopic (exact) mass is 602 g/mol. The van der Waals surface area contributed by atoms with E-state index in [0.29, 0.717) is 59.2 Å². The molecule has 4 rings (SSSR count). The highest BCUT2D eigenvalue weighted by Crippen LogP contribution is 2.39. The van der Waals surface area contributed by atoms with E-state index in [-0.39, 0.29) is 5.91 Å². The fraction of sp³-hybridized carbons (Fsp3) is 0.333. The molecule has 4 aromatic rings. The number of benzene rings is 3. The lowest BCUT2D eigenvalue weighted by Gasteiger charge is -2.17. The number of hydrogen-bond acceptors (Lipinski definition) is 9. The van der Waals surface area contributed by atoms with Gasteiger partial charge in [0.2, 0.25) is 11.1 Å². The van der Waals surface area contributed by atoms with E-state index in [0.717, 1.165) is 28.8 Å². The van der Waals surface area contributed by atoms with Gasteiger partial charge < -0.3 is 24.3 Å². The number of hydrogen-bond donors (Lipinski definition) is 1. The van der Waals surface area contributed by atoms with Crippen LogP contribution in [0.5, 0.6) is 23.0 Å². The van der Waals surface area contributed by atoms with Gasteiger partial charge in [0.05, 0.1) is 32.7 Å². The van der Waals surface area contributed by atoms with Crippen LogP contribution in [0, 0.1) is 0 Å². The van der Waals surface area contributed by atoms with Gasteiger partial charge in [-0.3, -0.25) is 4.79 Å². The van der Waals surface area contributed by atoms with Gasteiger partial charge in [-0.2, -0.15) is 0 Å². The van der Waals surface area contributed by atoms with Gasteiger partial charge in [-0.1, -0.05) is 43.8 Å². The van der Waals surface area contributed by atoms with Crippen molar-refractivity contribution in [1.29, 1.82) is 0 Å². The summed E-state index contributed by atoms with van der Waals surface area (Å²) in [6.07, 6.45) is 1.40. The molecule has 0 bridgehead atoms. The van der Waals surface area contributed by atoms with Crippen molar-refractivity contribution in [1.82, 2.24) is 15.2 Å². The Labute approximate surface area is 257 Å². The zero-order valence-electron chi connectivity index (χ0n) is 25.5. The molecule has 0 fully saturated rings. The zero-order chi connectivity index (χ0) is 30.8. The number of carbonyl (C=O) groups is 1. The van der Waals surface area contributed by atoms with E-state index in [9.17, 15) is 4.79 Å². The number of ether oxygens (including phenoxy) is 4. The summed E-state index contributed by atoms with van der Waals surface area (Å²) in [5.74, 6) is 2.30. The average Bonchev–Trinajstić information content (AvgIpc) is 3.04. The fourth-order valence-corrected chi connectivity index (χ4v) is 5.37. The number of thioether (sulfide) groups is 1. The Hall–Kier alpha value is -4.31. The third-order valence-electron chi connectivity index (χ3n) is 6.71. The molecule has 9 nitrogen and oxygen atoms in total. The molecular formula is C33H38N4O5S. The normalized spacial score (nSPS) is 11.5. The van der Waals surface area contributed by atoms with Crippen molar-refractivity contribution >= 4 is 23.4 Å². The van der Waals surface area contributed by atoms with Crippen LogP contribution in [-0.4, -0.2) is 53.8 Å². The van der Waals surface area contributed by atoms with Crippen molar-refractivity contribution in [2.45, 2.75) is 50.9 Å². The number of aromatic nitrogens is 3. The molecule has 1 atom stereocenters. The molecule has 3 aromatic carbocycles. The molecule has 0 saturated carbocycles. The Morgan fingerprint density at radius 1 is 0.791 bits per heavy atom. The Bertz CT molecular complexity index is 1550. The predicted octanol–water partition coefficient (Wildman–Crippen LogP) is 7.09. The molecule has 0 saturated heterocycles. The highest BCUT2D eigenvalue weighted by Gasteiger charge is 2.23. The van der Waals surface area contributed by atoms with Crippen LogP contribution in [0.1, 0.15) is 39.7 Å². The quantitative estimate of drug-likeness (QED) is 0.151. The molecule has 1 heterocycles. The van der Waals surface area contributed by atoms with Crippen LogP contribution < -0.4 is 24.3 Å². The molecule has 1 N–H and O–H groups in total. The van der Waals surface area contributed by atoms with Crippen LogP contribution in [0.4, 0.5) is 5.69 Å². The summed E-state index contributed by atoms with van der Waals surface area (Å²) in [6, 6.07) is 19.0. The van der Waals surface area contributed by atoms with Crippen LogP contribution in [0.15, 0.2) is 65.8 Å². The van der Waals surface area contributed by atoms with Crippen LogP contribution in [-0.2, 0) is 11.2 Å². The second kappa shape index (κ2) is 15.2. The molecule has 226 valence electrons. The second-order valence-corrected chi connectivity index (χ2v) is 10.6. The molecule has 0 spiro atoms. The molecule has 10 heteroatoms. The summed E-state index contributed by atoms with van der Waals surface area (Å²) in [7, 11) is 3.19. The van der Waals surface area contributed by atoms with Crippen molar-refractivity contribution < 1.29 is 23.7 Å². The first-order valence-corrected chi connectivity index (χ1v) is 15.3. The minimum atomic E-state index is -0.425. The summed E-state index contributed by atoms with van der Waals surface area (Å²) in [5.41, 5.74) is 4.53. The molecule has 0 aliphatic heterocycles. The number of methoxy groups -OCH3 is 2. The van der Waals surface area contributed by atoms with Gasteiger partial charge in [0.25, 0.3) is 0 Å². The van der Waals surface area contributed by atoms with E-state index in [1.54, 1.807) is 14.2 Å². The first kappa shape index (κ1) is 31.6. The SMILES string of the molecule is CCOc1ccc(-c2nnc(SC(CC)C(=O)Nc3ccccc3CC)nc2-c2ccc(OCC)c(OC)c2)cc1OC. The highest BCUT2D eigenvalue weighted by atomic mass is 32.2. The van der Waals surface area contributed by atoms with E-state index in [1.165, 1.54) is 11.8 Å². The van der Waals surface area contributed by atoms with E-state index in [1.807, 2.05) is 81.4 Å². The van der Waals surface area contributed by atoms with Crippen LogP contribution in [0.25, 0.3) is 22.5 Å². The molecule has 1 aromatic heterocycles. The predicted molar refractivity (Wildman–Crippen MR) is 171 cm³/mol. The van der Waals surface area contributed by atoms with Crippen molar-refractivity contribution in [3.8, 4) is 45.5 Å². The van der Waals surface area contributed by atoms with Gasteiger partial charge in [0.15, 0.2) is 23.0 Å². The standard InChI is InChI=1S/C33H38N4O5S/c1-7-21-13-11-12-14-24(21)34-32(38)29(8-2)43-33-35-30(22-15-17-25(41-9-3)27(19-22)39-5)31(36-37-33)23-16-18-26(42-10-4)28(20-23)40-6/h11-20,29H,7-10H2,1-6H3,(H,34,38). The molecule has 0 aliphatic rings. The lowest BCUT2D eigenvalue weighted by atomic mass is 10.0. The van der Waals surface area contributed by atoms with E-state index in [2.05, 4.69) is 22.4 Å². The second-order valence-electron chi connectivity index (χ2n) is 9.40. The van der Waals surface area contributed by atoms with Gasteiger partial charge in [-0.15, -0.1) is 10.2 Å². The summed E-state index contributed by atoms with van der Waals surface area (Å²) in [6.45, 7) is 8.89. The minimum Gasteiger partial charge on any atom is -0.493 e. The molecule has 0 aliphatic carbocycles. The Morgan fingerprint density at radius 2 is 1.40 bits per heavy atom. The topological polar surface area (TPSA) is 105 Å². The number of rotatable bonds is 14. The molecule has 1 unspecified atom stereocenters. The third kappa shape index (κ3) is 7.56. The Morgan fingerprint density at radius 3 is 1.95 bits per heavy atom.